The van der Waals surface area contributed by atoms with Crippen molar-refractivity contribution in [3.05, 3.63) is 35.6 Å². The second kappa shape index (κ2) is 9.80. The van der Waals surface area contributed by atoms with E-state index in [0.717, 1.165) is 50.9 Å². The van der Waals surface area contributed by atoms with Crippen LogP contribution in [0.1, 0.15) is 31.2 Å². The Morgan fingerprint density at radius 3 is 2.73 bits per heavy atom. The lowest BCUT2D eigenvalue weighted by Gasteiger charge is -2.32. The van der Waals surface area contributed by atoms with E-state index in [1.807, 2.05) is 18.0 Å². The molecule has 124 valence electrons. The van der Waals surface area contributed by atoms with E-state index in [1.165, 1.54) is 6.07 Å². The number of piperidine rings is 1. The predicted molar refractivity (Wildman–Crippen MR) is 89.8 cm³/mol. The lowest BCUT2D eigenvalue weighted by Crippen LogP contribution is -2.39. The summed E-state index contributed by atoms with van der Waals surface area (Å²) in [4.78, 5) is 14.0. The molecule has 1 saturated heterocycles. The normalized spacial score (nSPS) is 15.5. The first kappa shape index (κ1) is 18.9. The van der Waals surface area contributed by atoms with E-state index in [9.17, 15) is 9.18 Å². The van der Waals surface area contributed by atoms with Crippen molar-refractivity contribution >= 4 is 18.3 Å². The van der Waals surface area contributed by atoms with Crippen LogP contribution in [0.2, 0.25) is 0 Å². The molecule has 0 spiro atoms. The molecule has 22 heavy (non-hydrogen) atoms. The number of halogens is 2. The third-order valence-electron chi connectivity index (χ3n) is 4.20. The summed E-state index contributed by atoms with van der Waals surface area (Å²) in [5.41, 5.74) is 1.06. The summed E-state index contributed by atoms with van der Waals surface area (Å²) < 4.78 is 13.2. The fourth-order valence-electron chi connectivity index (χ4n) is 2.96. The van der Waals surface area contributed by atoms with Gasteiger partial charge in [0.15, 0.2) is 0 Å². The third kappa shape index (κ3) is 5.93. The van der Waals surface area contributed by atoms with Crippen molar-refractivity contribution in [2.24, 2.45) is 5.92 Å². The Morgan fingerprint density at radius 1 is 1.36 bits per heavy atom. The van der Waals surface area contributed by atoms with Crippen LogP contribution >= 0.6 is 12.4 Å². The molecule has 0 bridgehead atoms. The highest BCUT2D eigenvalue weighted by Crippen LogP contribution is 2.22. The number of carbonyl (C=O) groups is 1. The van der Waals surface area contributed by atoms with Gasteiger partial charge in [-0.2, -0.15) is 0 Å². The average molecular weight is 329 g/mol. The van der Waals surface area contributed by atoms with Crippen molar-refractivity contribution < 1.29 is 9.18 Å². The van der Waals surface area contributed by atoms with Gasteiger partial charge in [-0.25, -0.2) is 4.39 Å². The number of rotatable bonds is 6. The number of hydrogen-bond donors (Lipinski definition) is 1. The zero-order chi connectivity index (χ0) is 15.1. The van der Waals surface area contributed by atoms with Crippen LogP contribution in [0.15, 0.2) is 24.3 Å². The topological polar surface area (TPSA) is 32.3 Å². The molecule has 0 aromatic heterocycles. The smallest absolute Gasteiger partial charge is 0.222 e. The molecule has 5 heteroatoms. The Labute approximate surface area is 138 Å². The van der Waals surface area contributed by atoms with Crippen molar-refractivity contribution in [1.29, 1.82) is 0 Å². The van der Waals surface area contributed by atoms with Crippen LogP contribution in [0.3, 0.4) is 0 Å². The van der Waals surface area contributed by atoms with Gasteiger partial charge in [0.25, 0.3) is 0 Å². The Bertz CT molecular complexity index is 462. The molecule has 0 saturated carbocycles. The van der Waals surface area contributed by atoms with E-state index < -0.39 is 0 Å². The van der Waals surface area contributed by atoms with Gasteiger partial charge in [0.1, 0.15) is 5.82 Å². The Hall–Kier alpha value is -1.13. The summed E-state index contributed by atoms with van der Waals surface area (Å²) >= 11 is 0. The maximum atomic E-state index is 13.2. The van der Waals surface area contributed by atoms with E-state index >= 15 is 0 Å². The summed E-state index contributed by atoms with van der Waals surface area (Å²) in [5.74, 6) is 0.673. The van der Waals surface area contributed by atoms with E-state index in [0.29, 0.717) is 12.3 Å². The molecule has 1 heterocycles. The summed E-state index contributed by atoms with van der Waals surface area (Å²) in [6, 6.07) is 6.86. The van der Waals surface area contributed by atoms with Crippen molar-refractivity contribution in [1.82, 2.24) is 10.2 Å². The van der Waals surface area contributed by atoms with Crippen molar-refractivity contribution in [2.45, 2.75) is 32.1 Å². The van der Waals surface area contributed by atoms with E-state index in [-0.39, 0.29) is 24.1 Å². The molecule has 0 aliphatic carbocycles. The van der Waals surface area contributed by atoms with Gasteiger partial charge in [-0.15, -0.1) is 12.4 Å². The molecule has 0 atom stereocenters. The molecule has 1 amide bonds. The van der Waals surface area contributed by atoms with Gasteiger partial charge in [0, 0.05) is 19.5 Å². The van der Waals surface area contributed by atoms with Crippen LogP contribution in [-0.2, 0) is 11.2 Å². The van der Waals surface area contributed by atoms with Crippen LogP contribution < -0.4 is 5.32 Å². The zero-order valence-corrected chi connectivity index (χ0v) is 14.0. The van der Waals surface area contributed by atoms with Gasteiger partial charge in [-0.1, -0.05) is 12.1 Å². The third-order valence-corrected chi connectivity index (χ3v) is 4.20. The quantitative estimate of drug-likeness (QED) is 0.814. The Balaban J connectivity index is 0.00000242. The van der Waals surface area contributed by atoms with Gasteiger partial charge >= 0.3 is 0 Å². The highest BCUT2D eigenvalue weighted by molar-refractivity contribution is 5.85. The number of benzene rings is 1. The van der Waals surface area contributed by atoms with Crippen LogP contribution in [0.25, 0.3) is 0 Å². The molecule has 1 fully saturated rings. The first-order valence-corrected chi connectivity index (χ1v) is 7.86. The van der Waals surface area contributed by atoms with Gasteiger partial charge in [0.2, 0.25) is 5.91 Å². The minimum Gasteiger partial charge on any atom is -0.343 e. The van der Waals surface area contributed by atoms with Crippen LogP contribution in [0.5, 0.6) is 0 Å². The largest absolute Gasteiger partial charge is 0.343 e. The first-order chi connectivity index (χ1) is 10.2. The average Bonchev–Trinajstić information content (AvgIpc) is 2.48. The minimum absolute atomic E-state index is 0. The highest BCUT2D eigenvalue weighted by atomic mass is 35.5. The fraction of sp³-hybridized carbons (Fsp3) is 0.588. The number of nitrogens with zero attached hydrogens (tertiary/aromatic N) is 1. The Morgan fingerprint density at radius 2 is 2.09 bits per heavy atom. The van der Waals surface area contributed by atoms with E-state index in [4.69, 9.17) is 0 Å². The number of nitrogens with one attached hydrogen (secondary N) is 1. The fourth-order valence-corrected chi connectivity index (χ4v) is 2.96. The summed E-state index contributed by atoms with van der Waals surface area (Å²) in [7, 11) is 1.91. The molecule has 1 aliphatic rings. The van der Waals surface area contributed by atoms with E-state index in [1.54, 1.807) is 12.1 Å². The monoisotopic (exact) mass is 328 g/mol. The molecule has 3 nitrogen and oxygen atoms in total. The number of amides is 1. The van der Waals surface area contributed by atoms with Gasteiger partial charge in [-0.3, -0.25) is 4.79 Å². The number of carbonyl (C=O) groups excluding carboxylic acids is 1. The first-order valence-electron chi connectivity index (χ1n) is 7.86. The molecule has 0 unspecified atom stereocenters. The minimum atomic E-state index is -0.162. The highest BCUT2D eigenvalue weighted by Gasteiger charge is 2.22. The molecule has 1 aromatic carbocycles. The van der Waals surface area contributed by atoms with Crippen LogP contribution in [-0.4, -0.2) is 37.5 Å². The van der Waals surface area contributed by atoms with Gasteiger partial charge in [0.05, 0.1) is 0 Å². The zero-order valence-electron chi connectivity index (χ0n) is 13.2. The van der Waals surface area contributed by atoms with Crippen LogP contribution in [0.4, 0.5) is 4.39 Å². The van der Waals surface area contributed by atoms with Crippen molar-refractivity contribution in [3.8, 4) is 0 Å². The molecule has 0 radical (unpaired) electrons. The molecule has 2 rings (SSSR count). The predicted octanol–water partition coefficient (Wildman–Crippen LogP) is 3.03. The maximum absolute atomic E-state index is 13.2. The van der Waals surface area contributed by atoms with Crippen LogP contribution in [0, 0.1) is 11.7 Å². The summed E-state index contributed by atoms with van der Waals surface area (Å²) in [5, 5.41) is 3.06. The van der Waals surface area contributed by atoms with Crippen molar-refractivity contribution in [3.63, 3.8) is 0 Å². The van der Waals surface area contributed by atoms with Crippen molar-refractivity contribution in [2.75, 3.05) is 26.7 Å². The van der Waals surface area contributed by atoms with E-state index in [2.05, 4.69) is 5.32 Å². The standard InChI is InChI=1S/C17H25FN2O.ClH/c1-19-9-3-6-17(21)20-10-7-14(8-11-20)12-15-4-2-5-16(18)13-15;/h2,4-5,13-14,19H,3,6-12H2,1H3;1H. The molecule has 1 aromatic rings. The SMILES string of the molecule is CNCCCC(=O)N1CCC(Cc2cccc(F)c2)CC1.Cl. The lowest BCUT2D eigenvalue weighted by atomic mass is 9.90. The molecular weight excluding hydrogens is 303 g/mol. The molecule has 1 N–H and O–H groups in total. The number of likely N-dealkylation sites (tertiary alicyclic amines) is 1. The van der Waals surface area contributed by atoms with Gasteiger partial charge < -0.3 is 10.2 Å². The number of hydrogen-bond acceptors (Lipinski definition) is 2. The molecular formula is C17H26ClFN2O. The maximum Gasteiger partial charge on any atom is 0.222 e. The lowest BCUT2D eigenvalue weighted by molar-refractivity contribution is -0.132. The summed E-state index contributed by atoms with van der Waals surface area (Å²) in [6.45, 7) is 2.58. The van der Waals surface area contributed by atoms with Gasteiger partial charge in [-0.05, 0) is 62.9 Å². The summed E-state index contributed by atoms with van der Waals surface area (Å²) in [6.07, 6.45) is 4.50. The second-order valence-electron chi connectivity index (χ2n) is 5.87. The Kier molecular flexibility index (Phi) is 8.43. The second-order valence-corrected chi connectivity index (χ2v) is 5.87. The molecule has 1 aliphatic heterocycles.